The Kier molecular flexibility index (Phi) is 6.41. The van der Waals surface area contributed by atoms with E-state index in [1.165, 1.54) is 11.1 Å². The zero-order valence-electron chi connectivity index (χ0n) is 18.5. The van der Waals surface area contributed by atoms with Crippen LogP contribution < -0.4 is 4.90 Å². The van der Waals surface area contributed by atoms with Crippen molar-refractivity contribution in [3.05, 3.63) is 83.1 Å². The highest BCUT2D eigenvalue weighted by Crippen LogP contribution is 2.32. The summed E-state index contributed by atoms with van der Waals surface area (Å²) in [5.74, 6) is 0. The van der Waals surface area contributed by atoms with Crippen molar-refractivity contribution in [2.75, 3.05) is 31.1 Å². The van der Waals surface area contributed by atoms with Crippen molar-refractivity contribution < 1.29 is 8.42 Å². The molecule has 1 aliphatic heterocycles. The molecule has 1 aliphatic carbocycles. The molecule has 7 heteroatoms. The number of benzene rings is 2. The molecule has 0 atom stereocenters. The molecule has 0 amide bonds. The molecule has 33 heavy (non-hydrogen) atoms. The number of rotatable bonds is 7. The second kappa shape index (κ2) is 9.45. The minimum Gasteiger partial charge on any atom is -0.369 e. The fourth-order valence-electron chi connectivity index (χ4n) is 4.45. The lowest BCUT2D eigenvalue weighted by Gasteiger charge is -2.35. The molecule has 2 aliphatic rings. The van der Waals surface area contributed by atoms with Gasteiger partial charge in [-0.15, -0.1) is 0 Å². The summed E-state index contributed by atoms with van der Waals surface area (Å²) in [7, 11) is -3.06. The number of sulfonamides is 1. The first kappa shape index (κ1) is 22.4. The van der Waals surface area contributed by atoms with E-state index in [0.29, 0.717) is 13.1 Å². The van der Waals surface area contributed by atoms with Crippen LogP contribution in [0.15, 0.2) is 67.0 Å². The fourth-order valence-corrected chi connectivity index (χ4v) is 6.53. The summed E-state index contributed by atoms with van der Waals surface area (Å²) in [5.41, 5.74) is 5.87. The summed E-state index contributed by atoms with van der Waals surface area (Å²) in [5, 5.41) is 0.626. The Labute approximate surface area is 201 Å². The van der Waals surface area contributed by atoms with Gasteiger partial charge in [-0.25, -0.2) is 8.42 Å². The highest BCUT2D eigenvalue weighted by molar-refractivity contribution is 7.90. The average molecular weight is 482 g/mol. The first-order valence-electron chi connectivity index (χ1n) is 11.5. The van der Waals surface area contributed by atoms with Gasteiger partial charge >= 0.3 is 0 Å². The number of nitrogens with zero attached hydrogens (tertiary/aromatic N) is 3. The van der Waals surface area contributed by atoms with Crippen LogP contribution in [0, 0.1) is 0 Å². The first-order chi connectivity index (χ1) is 16.0. The van der Waals surface area contributed by atoms with Gasteiger partial charge in [0, 0.05) is 49.3 Å². The lowest BCUT2D eigenvalue weighted by Crippen LogP contribution is -2.49. The second-order valence-electron chi connectivity index (χ2n) is 8.88. The predicted octanol–water partition coefficient (Wildman–Crippen LogP) is 4.80. The van der Waals surface area contributed by atoms with Crippen LogP contribution >= 0.6 is 11.6 Å². The highest BCUT2D eigenvalue weighted by atomic mass is 35.5. The summed E-state index contributed by atoms with van der Waals surface area (Å²) >= 11 is 6.39. The van der Waals surface area contributed by atoms with E-state index in [2.05, 4.69) is 40.2 Å². The van der Waals surface area contributed by atoms with Gasteiger partial charge in [0.25, 0.3) is 0 Å². The molecule has 0 bridgehead atoms. The van der Waals surface area contributed by atoms with E-state index in [1.54, 1.807) is 16.7 Å². The Morgan fingerprint density at radius 3 is 2.15 bits per heavy atom. The Bertz CT molecular complexity index is 1200. The summed E-state index contributed by atoms with van der Waals surface area (Å²) in [6.07, 6.45) is 7.08. The smallest absolute Gasteiger partial charge is 0.217 e. The maximum atomic E-state index is 12.4. The van der Waals surface area contributed by atoms with Crippen molar-refractivity contribution in [3.8, 4) is 11.1 Å². The summed E-state index contributed by atoms with van der Waals surface area (Å²) < 4.78 is 26.6. The molecule has 0 unspecified atom stereocenters. The molecule has 0 radical (unpaired) electrons. The van der Waals surface area contributed by atoms with Gasteiger partial charge < -0.3 is 4.90 Å². The van der Waals surface area contributed by atoms with Gasteiger partial charge in [-0.05, 0) is 84.3 Å². The van der Waals surface area contributed by atoms with Gasteiger partial charge in [0.1, 0.15) is 0 Å². The first-order valence-corrected chi connectivity index (χ1v) is 13.4. The second-order valence-corrected chi connectivity index (χ2v) is 11.5. The molecule has 1 saturated heterocycles. The van der Waals surface area contributed by atoms with Crippen LogP contribution in [0.3, 0.4) is 0 Å². The van der Waals surface area contributed by atoms with Gasteiger partial charge in [-0.1, -0.05) is 29.8 Å². The van der Waals surface area contributed by atoms with Gasteiger partial charge in [-0.3, -0.25) is 4.98 Å². The summed E-state index contributed by atoms with van der Waals surface area (Å²) in [4.78, 5) is 6.37. The van der Waals surface area contributed by atoms with Crippen molar-refractivity contribution in [1.29, 1.82) is 0 Å². The maximum Gasteiger partial charge on any atom is 0.217 e. The predicted molar refractivity (Wildman–Crippen MR) is 134 cm³/mol. The van der Waals surface area contributed by atoms with E-state index in [0.717, 1.165) is 60.6 Å². The third-order valence-electron chi connectivity index (χ3n) is 6.52. The van der Waals surface area contributed by atoms with E-state index in [1.807, 2.05) is 24.3 Å². The Balaban J connectivity index is 1.19. The molecule has 0 N–H and O–H groups in total. The molecule has 5 nitrogen and oxygen atoms in total. The van der Waals surface area contributed by atoms with Crippen molar-refractivity contribution in [3.63, 3.8) is 0 Å². The molecule has 1 aromatic heterocycles. The molecule has 2 heterocycles. The monoisotopic (exact) mass is 481 g/mol. The minimum absolute atomic E-state index is 0.122. The third kappa shape index (κ3) is 5.24. The normalized spacial score (nSPS) is 17.3. The molecular formula is C26H28ClN3O2S. The lowest BCUT2D eigenvalue weighted by atomic mass is 9.99. The molecule has 172 valence electrons. The Morgan fingerprint density at radius 2 is 1.48 bits per heavy atom. The van der Waals surface area contributed by atoms with Crippen LogP contribution in [0.25, 0.3) is 11.1 Å². The van der Waals surface area contributed by atoms with Crippen LogP contribution in [0.2, 0.25) is 5.02 Å². The highest BCUT2D eigenvalue weighted by Gasteiger charge is 2.40. The van der Waals surface area contributed by atoms with Crippen LogP contribution in [-0.4, -0.2) is 49.1 Å². The number of anilines is 1. The van der Waals surface area contributed by atoms with Gasteiger partial charge in [0.15, 0.2) is 0 Å². The van der Waals surface area contributed by atoms with E-state index >= 15 is 0 Å². The number of aromatic nitrogens is 1. The number of halogens is 1. The molecule has 2 fully saturated rings. The molecular weight excluding hydrogens is 454 g/mol. The van der Waals surface area contributed by atoms with Gasteiger partial charge in [-0.2, -0.15) is 4.31 Å². The lowest BCUT2D eigenvalue weighted by molar-refractivity contribution is 0.384. The van der Waals surface area contributed by atoms with Crippen molar-refractivity contribution >= 4 is 27.3 Å². The molecule has 5 rings (SSSR count). The van der Waals surface area contributed by atoms with E-state index in [-0.39, 0.29) is 5.25 Å². The molecule has 2 aromatic carbocycles. The maximum absolute atomic E-state index is 12.4. The zero-order chi connectivity index (χ0) is 22.8. The number of hydrogen-bond donors (Lipinski definition) is 0. The van der Waals surface area contributed by atoms with Gasteiger partial charge in [0.2, 0.25) is 10.0 Å². The van der Waals surface area contributed by atoms with E-state index in [9.17, 15) is 8.42 Å². The summed E-state index contributed by atoms with van der Waals surface area (Å²) in [6, 6.07) is 18.9. The third-order valence-corrected chi connectivity index (χ3v) is 9.14. The Morgan fingerprint density at radius 1 is 0.818 bits per heavy atom. The molecule has 1 saturated carbocycles. The van der Waals surface area contributed by atoms with Crippen LogP contribution in [0.1, 0.15) is 24.0 Å². The molecule has 3 aromatic rings. The van der Waals surface area contributed by atoms with Crippen molar-refractivity contribution in [2.45, 2.75) is 30.9 Å². The number of aryl methyl sites for hydroxylation is 2. The quantitative estimate of drug-likeness (QED) is 0.486. The van der Waals surface area contributed by atoms with Crippen LogP contribution in [0.5, 0.6) is 0 Å². The SMILES string of the molecule is O=S(=O)(C1CC1)N1CCN(c2ccc(CCc3cc(Cl)cc(-c4ccncc4)c3)cc2)CC1. The standard InChI is InChI=1S/C26H28ClN3O2S/c27-24-18-21(17-23(19-24)22-9-11-28-12-10-22)2-1-20-3-5-25(6-4-20)29-13-15-30(16-14-29)33(31,32)26-7-8-26/h3-6,9-12,17-19,26H,1-2,7-8,13-16H2. The van der Waals surface area contributed by atoms with Crippen molar-refractivity contribution in [1.82, 2.24) is 9.29 Å². The minimum atomic E-state index is -3.06. The van der Waals surface area contributed by atoms with E-state index in [4.69, 9.17) is 11.6 Å². The number of piperazine rings is 1. The Hall–Kier alpha value is -2.41. The summed E-state index contributed by atoms with van der Waals surface area (Å²) in [6.45, 7) is 2.64. The largest absolute Gasteiger partial charge is 0.369 e. The van der Waals surface area contributed by atoms with Crippen LogP contribution in [-0.2, 0) is 22.9 Å². The van der Waals surface area contributed by atoms with Crippen molar-refractivity contribution in [2.24, 2.45) is 0 Å². The van der Waals surface area contributed by atoms with Crippen LogP contribution in [0.4, 0.5) is 5.69 Å². The topological polar surface area (TPSA) is 53.5 Å². The number of hydrogen-bond acceptors (Lipinski definition) is 4. The molecule has 0 spiro atoms. The number of pyridine rings is 1. The van der Waals surface area contributed by atoms with E-state index < -0.39 is 10.0 Å². The van der Waals surface area contributed by atoms with Gasteiger partial charge in [0.05, 0.1) is 5.25 Å². The fraction of sp³-hybridized carbons (Fsp3) is 0.346. The average Bonchev–Trinajstić information content (AvgIpc) is 3.70. The zero-order valence-corrected chi connectivity index (χ0v) is 20.1.